The summed E-state index contributed by atoms with van der Waals surface area (Å²) in [6.45, 7) is 2.30. The van der Waals surface area contributed by atoms with Crippen LogP contribution in [0, 0.1) is 0 Å². The molecule has 2 saturated heterocycles. The lowest BCUT2D eigenvalue weighted by molar-refractivity contribution is -0.136. The summed E-state index contributed by atoms with van der Waals surface area (Å²) >= 11 is 0. The van der Waals surface area contributed by atoms with E-state index in [1.54, 1.807) is 18.2 Å². The van der Waals surface area contributed by atoms with E-state index in [0.29, 0.717) is 18.4 Å². The minimum atomic E-state index is -0.969. The number of nitrogens with zero attached hydrogens (tertiary/aromatic N) is 3. The number of hydrogen-bond donors (Lipinski definition) is 4. The molecule has 5 rings (SSSR count). The molecular weight excluding hydrogens is 414 g/mol. The van der Waals surface area contributed by atoms with Gasteiger partial charge in [-0.1, -0.05) is 6.07 Å². The van der Waals surface area contributed by atoms with Crippen LogP contribution in [0.25, 0.3) is 0 Å². The average Bonchev–Trinajstić information content (AvgIpc) is 3.37. The largest absolute Gasteiger partial charge is 0.349 e. The summed E-state index contributed by atoms with van der Waals surface area (Å²) in [6.07, 6.45) is 2.25. The van der Waals surface area contributed by atoms with Crippen LogP contribution in [0.2, 0.25) is 0 Å². The molecule has 11 nitrogen and oxygen atoms in total. The number of carbonyl (C=O) groups excluding carboxylic acids is 4. The summed E-state index contributed by atoms with van der Waals surface area (Å²) < 4.78 is 0. The van der Waals surface area contributed by atoms with Crippen molar-refractivity contribution in [3.63, 3.8) is 0 Å². The lowest BCUT2D eigenvalue weighted by Crippen LogP contribution is -2.54. The second-order valence-corrected chi connectivity index (χ2v) is 8.25. The third-order valence-electron chi connectivity index (χ3n) is 6.18. The van der Waals surface area contributed by atoms with Crippen LogP contribution in [-0.2, 0) is 16.1 Å². The smallest absolute Gasteiger partial charge is 0.262 e. The van der Waals surface area contributed by atoms with Crippen LogP contribution >= 0.6 is 0 Å². The van der Waals surface area contributed by atoms with E-state index in [-0.39, 0.29) is 24.0 Å². The molecule has 0 bridgehead atoms. The minimum absolute atomic E-state index is 0.0923. The Hall–Kier alpha value is -3.60. The number of amides is 4. The molecule has 166 valence electrons. The van der Waals surface area contributed by atoms with Crippen LogP contribution in [0.5, 0.6) is 0 Å². The number of carbonyl (C=O) groups is 4. The van der Waals surface area contributed by atoms with Crippen molar-refractivity contribution in [1.82, 2.24) is 30.7 Å². The van der Waals surface area contributed by atoms with Gasteiger partial charge in [0.15, 0.2) is 0 Å². The maximum atomic E-state index is 12.9. The second kappa shape index (κ2) is 8.15. The number of piperidine rings is 2. The predicted octanol–water partition coefficient (Wildman–Crippen LogP) is 0.285. The molecule has 0 saturated carbocycles. The van der Waals surface area contributed by atoms with Crippen molar-refractivity contribution >= 4 is 29.6 Å². The van der Waals surface area contributed by atoms with Crippen molar-refractivity contribution in [1.29, 1.82) is 0 Å². The van der Waals surface area contributed by atoms with Gasteiger partial charge in [0.25, 0.3) is 11.8 Å². The van der Waals surface area contributed by atoms with Gasteiger partial charge in [-0.15, -0.1) is 5.10 Å². The summed E-state index contributed by atoms with van der Waals surface area (Å²) in [4.78, 5) is 54.8. The number of H-pyrrole nitrogens is 1. The number of anilines is 1. The first-order valence-corrected chi connectivity index (χ1v) is 10.7. The van der Waals surface area contributed by atoms with E-state index >= 15 is 0 Å². The highest BCUT2D eigenvalue weighted by Gasteiger charge is 2.44. The third-order valence-corrected chi connectivity index (χ3v) is 6.18. The molecule has 3 aliphatic rings. The summed E-state index contributed by atoms with van der Waals surface area (Å²) in [6, 6.07) is 4.03. The molecule has 4 N–H and O–H groups in total. The standard InChI is InChI=1S/C21H23N7O4/c29-16-4-3-15(18(30)24-16)28-19(31)13-2-1-11(9-14(13)20(28)32)10-23-21-25-17(26-27-21)12-5-7-22-8-6-12/h1-2,9,12,15,22H,3-8,10H2,(H,24,29,30)(H2,23,25,26,27). The van der Waals surface area contributed by atoms with Gasteiger partial charge in [-0.05, 0) is 50.0 Å². The SMILES string of the molecule is O=C1CCC(N2C(=O)c3ccc(CNc4n[nH]c(C5CCNCC5)n4)cc3C2=O)C(=O)N1. The van der Waals surface area contributed by atoms with Gasteiger partial charge in [0, 0.05) is 18.9 Å². The van der Waals surface area contributed by atoms with Crippen molar-refractivity contribution in [3.8, 4) is 0 Å². The van der Waals surface area contributed by atoms with Crippen LogP contribution in [0.4, 0.5) is 5.95 Å². The molecule has 2 aromatic rings. The van der Waals surface area contributed by atoms with Gasteiger partial charge in [0.1, 0.15) is 11.9 Å². The van der Waals surface area contributed by atoms with Crippen LogP contribution < -0.4 is 16.0 Å². The van der Waals surface area contributed by atoms with E-state index < -0.39 is 29.7 Å². The van der Waals surface area contributed by atoms with E-state index in [1.807, 2.05) is 0 Å². The molecule has 0 aliphatic carbocycles. The van der Waals surface area contributed by atoms with E-state index in [4.69, 9.17) is 0 Å². The Morgan fingerprint density at radius 1 is 1.03 bits per heavy atom. The summed E-state index contributed by atoms with van der Waals surface area (Å²) in [5, 5.41) is 15.9. The Labute approximate surface area is 183 Å². The highest BCUT2D eigenvalue weighted by Crippen LogP contribution is 2.28. The Morgan fingerprint density at radius 3 is 2.59 bits per heavy atom. The average molecular weight is 437 g/mol. The Morgan fingerprint density at radius 2 is 1.81 bits per heavy atom. The van der Waals surface area contributed by atoms with Crippen LogP contribution in [0.15, 0.2) is 18.2 Å². The van der Waals surface area contributed by atoms with Crippen LogP contribution in [-0.4, -0.2) is 62.8 Å². The number of fused-ring (bicyclic) bond motifs is 1. The highest BCUT2D eigenvalue weighted by atomic mass is 16.2. The van der Waals surface area contributed by atoms with Crippen molar-refractivity contribution in [3.05, 3.63) is 40.7 Å². The number of nitrogens with one attached hydrogen (secondary N) is 4. The number of benzene rings is 1. The van der Waals surface area contributed by atoms with E-state index in [1.165, 1.54) is 0 Å². The first-order valence-electron chi connectivity index (χ1n) is 10.7. The molecule has 2 fully saturated rings. The Balaban J connectivity index is 1.27. The number of aromatic nitrogens is 3. The zero-order chi connectivity index (χ0) is 22.2. The molecule has 1 unspecified atom stereocenters. The van der Waals surface area contributed by atoms with E-state index in [0.717, 1.165) is 42.2 Å². The molecule has 3 aliphatic heterocycles. The molecule has 0 radical (unpaired) electrons. The van der Waals surface area contributed by atoms with Gasteiger partial charge in [-0.2, -0.15) is 4.98 Å². The molecule has 1 atom stereocenters. The molecule has 1 aromatic carbocycles. The van der Waals surface area contributed by atoms with E-state index in [2.05, 4.69) is 31.1 Å². The van der Waals surface area contributed by atoms with Crippen molar-refractivity contribution < 1.29 is 19.2 Å². The molecular formula is C21H23N7O4. The van der Waals surface area contributed by atoms with Crippen molar-refractivity contribution in [2.75, 3.05) is 18.4 Å². The third kappa shape index (κ3) is 3.64. The van der Waals surface area contributed by atoms with Gasteiger partial charge >= 0.3 is 0 Å². The summed E-state index contributed by atoms with van der Waals surface area (Å²) in [5.41, 5.74) is 1.29. The monoisotopic (exact) mass is 437 g/mol. The van der Waals surface area contributed by atoms with Gasteiger partial charge in [0.05, 0.1) is 11.1 Å². The molecule has 11 heteroatoms. The van der Waals surface area contributed by atoms with Crippen molar-refractivity contribution in [2.24, 2.45) is 0 Å². The van der Waals surface area contributed by atoms with Crippen LogP contribution in [0.1, 0.15) is 63.7 Å². The quantitative estimate of drug-likeness (QED) is 0.488. The van der Waals surface area contributed by atoms with Gasteiger partial charge in [-0.25, -0.2) is 0 Å². The number of hydrogen-bond acceptors (Lipinski definition) is 8. The zero-order valence-corrected chi connectivity index (χ0v) is 17.3. The van der Waals surface area contributed by atoms with Gasteiger partial charge in [0.2, 0.25) is 17.8 Å². The minimum Gasteiger partial charge on any atom is -0.349 e. The predicted molar refractivity (Wildman–Crippen MR) is 112 cm³/mol. The fraction of sp³-hybridized carbons (Fsp3) is 0.429. The molecule has 32 heavy (non-hydrogen) atoms. The fourth-order valence-corrected chi connectivity index (χ4v) is 4.44. The fourth-order valence-electron chi connectivity index (χ4n) is 4.44. The lowest BCUT2D eigenvalue weighted by atomic mass is 9.98. The van der Waals surface area contributed by atoms with Gasteiger partial charge < -0.3 is 10.6 Å². The zero-order valence-electron chi connectivity index (χ0n) is 17.3. The normalized spacial score (nSPS) is 21.6. The molecule has 4 amide bonds. The lowest BCUT2D eigenvalue weighted by Gasteiger charge is -2.27. The second-order valence-electron chi connectivity index (χ2n) is 8.25. The summed E-state index contributed by atoms with van der Waals surface area (Å²) in [7, 11) is 0. The Bertz CT molecular complexity index is 1110. The van der Waals surface area contributed by atoms with E-state index in [9.17, 15) is 19.2 Å². The highest BCUT2D eigenvalue weighted by molar-refractivity contribution is 6.23. The van der Waals surface area contributed by atoms with Gasteiger partial charge in [-0.3, -0.25) is 34.5 Å². The number of rotatable bonds is 5. The molecule has 4 heterocycles. The summed E-state index contributed by atoms with van der Waals surface area (Å²) in [5.74, 6) is -0.346. The Kier molecular flexibility index (Phi) is 5.17. The van der Waals surface area contributed by atoms with Crippen LogP contribution in [0.3, 0.4) is 0 Å². The topological polar surface area (TPSA) is 149 Å². The number of aromatic amines is 1. The first-order chi connectivity index (χ1) is 15.5. The number of imide groups is 2. The maximum absolute atomic E-state index is 12.9. The van der Waals surface area contributed by atoms with Crippen molar-refractivity contribution in [2.45, 2.75) is 44.2 Å². The maximum Gasteiger partial charge on any atom is 0.262 e. The molecule has 0 spiro atoms. The first kappa shape index (κ1) is 20.3. The molecule has 1 aromatic heterocycles.